The molecule has 0 aliphatic rings. The summed E-state index contributed by atoms with van der Waals surface area (Å²) in [5, 5.41) is 3.20. The highest BCUT2D eigenvalue weighted by Gasteiger charge is 2.13. The molecule has 1 aromatic heterocycles. The molecule has 0 bridgehead atoms. The molecule has 0 aliphatic heterocycles. The minimum Gasteiger partial charge on any atom is -0.494 e. The normalized spacial score (nSPS) is 10.6. The van der Waals surface area contributed by atoms with Gasteiger partial charge in [-0.25, -0.2) is 0 Å². The Hall–Kier alpha value is -3.08. The molecule has 1 amide bonds. The molecule has 2 aromatic carbocycles. The van der Waals surface area contributed by atoms with E-state index in [0.717, 1.165) is 17.7 Å². The van der Waals surface area contributed by atoms with Crippen LogP contribution in [0.1, 0.15) is 30.0 Å². The summed E-state index contributed by atoms with van der Waals surface area (Å²) < 4.78 is 11.0. The first-order valence-electron chi connectivity index (χ1n) is 8.21. The third kappa shape index (κ3) is 3.71. The average molecular weight is 337 g/mol. The Morgan fingerprint density at radius 3 is 2.52 bits per heavy atom. The maximum atomic E-state index is 12.4. The molecule has 1 N–H and O–H groups in total. The number of hydrogen-bond donors (Lipinski definition) is 1. The fourth-order valence-corrected chi connectivity index (χ4v) is 2.53. The van der Waals surface area contributed by atoms with Crippen molar-refractivity contribution in [1.29, 1.82) is 0 Å². The molecule has 25 heavy (non-hydrogen) atoms. The zero-order valence-corrected chi connectivity index (χ0v) is 14.2. The van der Waals surface area contributed by atoms with E-state index in [0.29, 0.717) is 23.3 Å². The lowest BCUT2D eigenvalue weighted by atomic mass is 10.1. The van der Waals surface area contributed by atoms with Gasteiger partial charge >= 0.3 is 0 Å². The lowest BCUT2D eigenvalue weighted by molar-refractivity contribution is 0.0997. The number of aryl methyl sites for hydroxylation is 1. The van der Waals surface area contributed by atoms with Crippen molar-refractivity contribution in [2.75, 3.05) is 11.9 Å². The summed E-state index contributed by atoms with van der Waals surface area (Å²) in [7, 11) is 0. The molecule has 5 nitrogen and oxygen atoms in total. The Morgan fingerprint density at radius 1 is 1.08 bits per heavy atom. The minimum atomic E-state index is -0.470. The van der Waals surface area contributed by atoms with Crippen LogP contribution in [0.3, 0.4) is 0 Å². The number of hydrogen-bond acceptors (Lipinski definition) is 4. The van der Waals surface area contributed by atoms with Crippen LogP contribution in [0.5, 0.6) is 5.75 Å². The third-order valence-corrected chi connectivity index (χ3v) is 3.85. The summed E-state index contributed by atoms with van der Waals surface area (Å²) in [6, 6.07) is 13.6. The van der Waals surface area contributed by atoms with Gasteiger partial charge in [0.2, 0.25) is 0 Å². The SMILES string of the molecule is CCOc1ccc(NC(=O)c2cc(=O)c3cc(CC)ccc3o2)cc1. The quantitative estimate of drug-likeness (QED) is 0.764. The monoisotopic (exact) mass is 337 g/mol. The van der Waals surface area contributed by atoms with Gasteiger partial charge in [0, 0.05) is 11.8 Å². The summed E-state index contributed by atoms with van der Waals surface area (Å²) in [4.78, 5) is 24.7. The number of carbonyl (C=O) groups excluding carboxylic acids is 1. The van der Waals surface area contributed by atoms with Crippen LogP contribution in [0.4, 0.5) is 5.69 Å². The molecule has 0 aliphatic carbocycles. The Balaban J connectivity index is 1.85. The van der Waals surface area contributed by atoms with E-state index in [1.165, 1.54) is 6.07 Å². The van der Waals surface area contributed by atoms with Gasteiger partial charge in [-0.3, -0.25) is 9.59 Å². The molecule has 0 radical (unpaired) electrons. The molecule has 0 spiro atoms. The van der Waals surface area contributed by atoms with Gasteiger partial charge < -0.3 is 14.5 Å². The molecule has 3 rings (SSSR count). The van der Waals surface area contributed by atoms with Gasteiger partial charge in [-0.15, -0.1) is 0 Å². The van der Waals surface area contributed by atoms with E-state index in [-0.39, 0.29) is 11.2 Å². The highest BCUT2D eigenvalue weighted by atomic mass is 16.5. The number of rotatable bonds is 5. The van der Waals surface area contributed by atoms with Gasteiger partial charge in [0.1, 0.15) is 11.3 Å². The lowest BCUT2D eigenvalue weighted by Gasteiger charge is -2.07. The van der Waals surface area contributed by atoms with E-state index in [4.69, 9.17) is 9.15 Å². The van der Waals surface area contributed by atoms with Crippen molar-refractivity contribution < 1.29 is 13.9 Å². The fraction of sp³-hybridized carbons (Fsp3) is 0.200. The van der Waals surface area contributed by atoms with E-state index in [1.54, 1.807) is 36.4 Å². The second-order valence-electron chi connectivity index (χ2n) is 5.57. The fourth-order valence-electron chi connectivity index (χ4n) is 2.53. The van der Waals surface area contributed by atoms with Gasteiger partial charge in [0.15, 0.2) is 11.2 Å². The topological polar surface area (TPSA) is 68.5 Å². The Morgan fingerprint density at radius 2 is 1.84 bits per heavy atom. The third-order valence-electron chi connectivity index (χ3n) is 3.85. The summed E-state index contributed by atoms with van der Waals surface area (Å²) in [6.45, 7) is 4.50. The number of nitrogens with one attached hydrogen (secondary N) is 1. The molecule has 0 saturated heterocycles. The van der Waals surface area contributed by atoms with Gasteiger partial charge in [-0.1, -0.05) is 13.0 Å². The molecule has 0 fully saturated rings. The van der Waals surface area contributed by atoms with Crippen LogP contribution < -0.4 is 15.5 Å². The maximum absolute atomic E-state index is 12.4. The first kappa shape index (κ1) is 16.8. The average Bonchev–Trinajstić information content (AvgIpc) is 2.63. The lowest BCUT2D eigenvalue weighted by Crippen LogP contribution is -2.15. The number of carbonyl (C=O) groups is 1. The Kier molecular flexibility index (Phi) is 4.84. The molecule has 128 valence electrons. The maximum Gasteiger partial charge on any atom is 0.291 e. The standard InChI is InChI=1S/C20H19NO4/c1-3-13-5-10-18-16(11-13)17(22)12-19(25-18)20(23)21-14-6-8-15(9-7-14)24-4-2/h5-12H,3-4H2,1-2H3,(H,21,23). The second-order valence-corrected chi connectivity index (χ2v) is 5.57. The Bertz CT molecular complexity index is 958. The molecular weight excluding hydrogens is 318 g/mol. The highest BCUT2D eigenvalue weighted by molar-refractivity contribution is 6.03. The minimum absolute atomic E-state index is 0.0179. The van der Waals surface area contributed by atoms with Crippen molar-refractivity contribution in [2.45, 2.75) is 20.3 Å². The van der Waals surface area contributed by atoms with Crippen molar-refractivity contribution >= 4 is 22.6 Å². The van der Waals surface area contributed by atoms with Gasteiger partial charge in [-0.2, -0.15) is 0 Å². The zero-order chi connectivity index (χ0) is 17.8. The van der Waals surface area contributed by atoms with E-state index in [9.17, 15) is 9.59 Å². The molecule has 1 heterocycles. The van der Waals surface area contributed by atoms with Crippen LogP contribution in [0.15, 0.2) is 57.7 Å². The summed E-state index contributed by atoms with van der Waals surface area (Å²) in [5.41, 5.74) is 1.82. The van der Waals surface area contributed by atoms with Gasteiger partial charge in [0.05, 0.1) is 12.0 Å². The van der Waals surface area contributed by atoms with Gasteiger partial charge in [0.25, 0.3) is 5.91 Å². The molecule has 0 saturated carbocycles. The van der Waals surface area contributed by atoms with E-state index in [1.807, 2.05) is 19.9 Å². The number of ether oxygens (including phenoxy) is 1. The molecule has 3 aromatic rings. The summed E-state index contributed by atoms with van der Waals surface area (Å²) >= 11 is 0. The van der Waals surface area contributed by atoms with Crippen LogP contribution in [-0.2, 0) is 6.42 Å². The molecule has 0 atom stereocenters. The van der Waals surface area contributed by atoms with Gasteiger partial charge in [-0.05, 0) is 55.3 Å². The van der Waals surface area contributed by atoms with Crippen molar-refractivity contribution in [3.05, 3.63) is 70.1 Å². The number of fused-ring (bicyclic) bond motifs is 1. The van der Waals surface area contributed by atoms with Crippen molar-refractivity contribution in [3.8, 4) is 5.75 Å². The zero-order valence-electron chi connectivity index (χ0n) is 14.2. The Labute approximate surface area is 145 Å². The van der Waals surface area contributed by atoms with E-state index < -0.39 is 5.91 Å². The van der Waals surface area contributed by atoms with Crippen LogP contribution in [0.2, 0.25) is 0 Å². The first-order valence-corrected chi connectivity index (χ1v) is 8.21. The number of amides is 1. The van der Waals surface area contributed by atoms with Crippen molar-refractivity contribution in [1.82, 2.24) is 0 Å². The number of anilines is 1. The smallest absolute Gasteiger partial charge is 0.291 e. The van der Waals surface area contributed by atoms with Crippen LogP contribution in [0, 0.1) is 0 Å². The summed E-state index contributed by atoms with van der Waals surface area (Å²) in [6.07, 6.45) is 0.829. The van der Waals surface area contributed by atoms with Crippen LogP contribution in [-0.4, -0.2) is 12.5 Å². The van der Waals surface area contributed by atoms with Crippen LogP contribution >= 0.6 is 0 Å². The molecule has 5 heteroatoms. The van der Waals surface area contributed by atoms with E-state index in [2.05, 4.69) is 5.32 Å². The van der Waals surface area contributed by atoms with Crippen LogP contribution in [0.25, 0.3) is 11.0 Å². The van der Waals surface area contributed by atoms with Crippen molar-refractivity contribution in [3.63, 3.8) is 0 Å². The highest BCUT2D eigenvalue weighted by Crippen LogP contribution is 2.18. The van der Waals surface area contributed by atoms with E-state index >= 15 is 0 Å². The second kappa shape index (κ2) is 7.21. The first-order chi connectivity index (χ1) is 12.1. The van der Waals surface area contributed by atoms with Crippen molar-refractivity contribution in [2.24, 2.45) is 0 Å². The number of benzene rings is 2. The largest absolute Gasteiger partial charge is 0.494 e. The summed E-state index contributed by atoms with van der Waals surface area (Å²) in [5.74, 6) is 0.239. The molecular formula is C20H19NO4. The predicted octanol–water partition coefficient (Wildman–Crippen LogP) is 4.01. The molecule has 0 unspecified atom stereocenters. The predicted molar refractivity (Wildman–Crippen MR) is 97.4 cm³/mol.